The van der Waals surface area contributed by atoms with Gasteiger partial charge in [-0.15, -0.1) is 11.3 Å². The molecule has 0 atom stereocenters. The summed E-state index contributed by atoms with van der Waals surface area (Å²) in [5.41, 5.74) is 0.581. The molecule has 0 aliphatic rings. The van der Waals surface area contributed by atoms with Crippen LogP contribution in [0.4, 0.5) is 0 Å². The number of sulfonamides is 1. The van der Waals surface area contributed by atoms with Crippen LogP contribution in [0.15, 0.2) is 22.4 Å². The molecule has 0 aromatic carbocycles. The van der Waals surface area contributed by atoms with Crippen molar-refractivity contribution in [3.63, 3.8) is 0 Å². The first kappa shape index (κ1) is 14.2. The molecule has 2 aromatic rings. The molecule has 0 fully saturated rings. The fourth-order valence-corrected chi connectivity index (χ4v) is 4.08. The lowest BCUT2D eigenvalue weighted by molar-refractivity contribution is 0.273. The van der Waals surface area contributed by atoms with E-state index >= 15 is 0 Å². The van der Waals surface area contributed by atoms with E-state index in [0.717, 1.165) is 4.88 Å². The first-order valence-electron chi connectivity index (χ1n) is 5.60. The molecular formula is C11H15N3O3S2. The maximum absolute atomic E-state index is 12.5. The minimum Gasteiger partial charge on any atom is -0.390 e. The fourth-order valence-electron chi connectivity index (χ4n) is 1.78. The number of hydrogen-bond donors (Lipinski definition) is 2. The standard InChI is InChI=1S/C11H15N3O3S2/c1-8-11(10(7-15)13-12-8)19(16,17)14(2)6-9-4-3-5-18-9/h3-5,15H,6-7H2,1-2H3,(H,12,13). The highest BCUT2D eigenvalue weighted by Gasteiger charge is 2.28. The van der Waals surface area contributed by atoms with Gasteiger partial charge in [-0.05, 0) is 18.4 Å². The van der Waals surface area contributed by atoms with Crippen molar-refractivity contribution < 1.29 is 13.5 Å². The van der Waals surface area contributed by atoms with Crippen LogP contribution in [0, 0.1) is 6.92 Å². The van der Waals surface area contributed by atoms with E-state index in [1.165, 1.54) is 22.7 Å². The molecule has 0 radical (unpaired) electrons. The van der Waals surface area contributed by atoms with Crippen molar-refractivity contribution in [1.29, 1.82) is 0 Å². The van der Waals surface area contributed by atoms with E-state index in [1.54, 1.807) is 6.92 Å². The Morgan fingerprint density at radius 2 is 2.26 bits per heavy atom. The van der Waals surface area contributed by atoms with Gasteiger partial charge in [-0.2, -0.15) is 9.40 Å². The van der Waals surface area contributed by atoms with Crippen LogP contribution in [-0.2, 0) is 23.2 Å². The SMILES string of the molecule is Cc1[nH]nc(CO)c1S(=O)(=O)N(C)Cc1cccs1. The first-order valence-corrected chi connectivity index (χ1v) is 7.92. The average Bonchev–Trinajstić information content (AvgIpc) is 2.98. The number of rotatable bonds is 5. The molecule has 2 aromatic heterocycles. The monoisotopic (exact) mass is 301 g/mol. The quantitative estimate of drug-likeness (QED) is 0.865. The number of aryl methyl sites for hydroxylation is 1. The predicted octanol–water partition coefficient (Wildman–Crippen LogP) is 1.09. The number of nitrogens with one attached hydrogen (secondary N) is 1. The number of aromatic amines is 1. The third kappa shape index (κ3) is 2.71. The predicted molar refractivity (Wildman–Crippen MR) is 72.2 cm³/mol. The largest absolute Gasteiger partial charge is 0.390 e. The van der Waals surface area contributed by atoms with Crippen molar-refractivity contribution in [2.75, 3.05) is 7.05 Å². The van der Waals surface area contributed by atoms with Gasteiger partial charge in [0.15, 0.2) is 0 Å². The smallest absolute Gasteiger partial charge is 0.246 e. The molecule has 0 unspecified atom stereocenters. The van der Waals surface area contributed by atoms with Gasteiger partial charge in [0.2, 0.25) is 10.0 Å². The van der Waals surface area contributed by atoms with E-state index in [1.807, 2.05) is 17.5 Å². The summed E-state index contributed by atoms with van der Waals surface area (Å²) in [5, 5.41) is 17.5. The van der Waals surface area contributed by atoms with Crippen molar-refractivity contribution in [2.24, 2.45) is 0 Å². The second kappa shape index (κ2) is 5.41. The Bertz CT molecular complexity index is 647. The summed E-state index contributed by atoms with van der Waals surface area (Å²) < 4.78 is 26.2. The molecule has 0 spiro atoms. The zero-order chi connectivity index (χ0) is 14.0. The third-order valence-electron chi connectivity index (χ3n) is 2.74. The molecule has 0 amide bonds. The first-order chi connectivity index (χ1) is 8.96. The summed E-state index contributed by atoms with van der Waals surface area (Å²) in [4.78, 5) is 1.02. The highest BCUT2D eigenvalue weighted by Crippen LogP contribution is 2.23. The molecule has 0 saturated carbocycles. The average molecular weight is 301 g/mol. The number of H-pyrrole nitrogens is 1. The van der Waals surface area contributed by atoms with Gasteiger partial charge < -0.3 is 5.11 Å². The lowest BCUT2D eigenvalue weighted by Crippen LogP contribution is -2.27. The second-order valence-electron chi connectivity index (χ2n) is 4.12. The molecule has 0 bridgehead atoms. The van der Waals surface area contributed by atoms with Gasteiger partial charge in [-0.3, -0.25) is 5.10 Å². The Morgan fingerprint density at radius 1 is 1.53 bits per heavy atom. The fraction of sp³-hybridized carbons (Fsp3) is 0.364. The Kier molecular flexibility index (Phi) is 4.04. The van der Waals surface area contributed by atoms with Crippen LogP contribution in [0.2, 0.25) is 0 Å². The highest BCUT2D eigenvalue weighted by molar-refractivity contribution is 7.89. The minimum atomic E-state index is -3.66. The van der Waals surface area contributed by atoms with Gasteiger partial charge in [0.05, 0.1) is 12.3 Å². The van der Waals surface area contributed by atoms with Crippen LogP contribution in [0.1, 0.15) is 16.3 Å². The zero-order valence-corrected chi connectivity index (χ0v) is 12.3. The number of nitrogens with zero attached hydrogens (tertiary/aromatic N) is 2. The van der Waals surface area contributed by atoms with Crippen molar-refractivity contribution in [3.8, 4) is 0 Å². The minimum absolute atomic E-state index is 0.0639. The Hall–Kier alpha value is -1.22. The maximum atomic E-state index is 12.5. The number of aromatic nitrogens is 2. The van der Waals surface area contributed by atoms with Gasteiger partial charge >= 0.3 is 0 Å². The van der Waals surface area contributed by atoms with Gasteiger partial charge in [-0.25, -0.2) is 8.42 Å². The normalized spacial score (nSPS) is 12.2. The van der Waals surface area contributed by atoms with Crippen LogP contribution in [0.3, 0.4) is 0 Å². The van der Waals surface area contributed by atoms with E-state index < -0.39 is 16.6 Å². The van der Waals surface area contributed by atoms with Crippen LogP contribution in [0.5, 0.6) is 0 Å². The number of aliphatic hydroxyl groups is 1. The molecule has 2 rings (SSSR count). The van der Waals surface area contributed by atoms with Crippen molar-refractivity contribution in [3.05, 3.63) is 33.8 Å². The molecule has 2 N–H and O–H groups in total. The summed E-state index contributed by atoms with van der Waals surface area (Å²) in [6.07, 6.45) is 0. The molecule has 8 heteroatoms. The molecule has 2 heterocycles. The summed E-state index contributed by atoms with van der Waals surface area (Å²) in [5.74, 6) is 0. The number of thiophene rings is 1. The van der Waals surface area contributed by atoms with Crippen LogP contribution < -0.4 is 0 Å². The Labute approximate surface area is 115 Å². The van der Waals surface area contributed by atoms with Gasteiger partial charge in [-0.1, -0.05) is 6.07 Å². The summed E-state index contributed by atoms with van der Waals surface area (Å²) in [6.45, 7) is 1.51. The number of aliphatic hydroxyl groups excluding tert-OH is 1. The highest BCUT2D eigenvalue weighted by atomic mass is 32.2. The maximum Gasteiger partial charge on any atom is 0.246 e. The van der Waals surface area contributed by atoms with Crippen molar-refractivity contribution >= 4 is 21.4 Å². The van der Waals surface area contributed by atoms with Gasteiger partial charge in [0.1, 0.15) is 10.6 Å². The molecule has 0 aliphatic carbocycles. The molecule has 19 heavy (non-hydrogen) atoms. The van der Waals surface area contributed by atoms with E-state index in [9.17, 15) is 13.5 Å². The molecule has 104 valence electrons. The van der Waals surface area contributed by atoms with Gasteiger partial charge in [0.25, 0.3) is 0 Å². The summed E-state index contributed by atoms with van der Waals surface area (Å²) in [6, 6.07) is 3.76. The number of hydrogen-bond acceptors (Lipinski definition) is 5. The van der Waals surface area contributed by atoms with E-state index in [-0.39, 0.29) is 10.6 Å². The van der Waals surface area contributed by atoms with Crippen LogP contribution in [-0.4, -0.2) is 35.1 Å². The molecule has 0 saturated heterocycles. The molecule has 0 aliphatic heterocycles. The van der Waals surface area contributed by atoms with Crippen molar-refractivity contribution in [2.45, 2.75) is 25.0 Å². The Morgan fingerprint density at radius 3 is 2.84 bits per heavy atom. The van der Waals surface area contributed by atoms with E-state index in [2.05, 4.69) is 10.2 Å². The topological polar surface area (TPSA) is 86.3 Å². The van der Waals surface area contributed by atoms with Crippen LogP contribution in [0.25, 0.3) is 0 Å². The van der Waals surface area contributed by atoms with Gasteiger partial charge in [0, 0.05) is 18.5 Å². The van der Waals surface area contributed by atoms with Crippen LogP contribution >= 0.6 is 11.3 Å². The summed E-state index contributed by atoms with van der Waals surface area (Å²) in [7, 11) is -2.14. The van der Waals surface area contributed by atoms with E-state index in [4.69, 9.17) is 0 Å². The molecule has 6 nitrogen and oxygen atoms in total. The Balaban J connectivity index is 2.33. The zero-order valence-electron chi connectivity index (χ0n) is 10.6. The third-order valence-corrected chi connectivity index (χ3v) is 5.61. The lowest BCUT2D eigenvalue weighted by Gasteiger charge is -2.16. The lowest BCUT2D eigenvalue weighted by atomic mass is 10.4. The second-order valence-corrected chi connectivity index (χ2v) is 7.14. The van der Waals surface area contributed by atoms with Crippen molar-refractivity contribution in [1.82, 2.24) is 14.5 Å². The summed E-state index contributed by atoms with van der Waals surface area (Å²) >= 11 is 1.50. The van der Waals surface area contributed by atoms with E-state index in [0.29, 0.717) is 12.2 Å². The molecular weight excluding hydrogens is 286 g/mol.